The van der Waals surface area contributed by atoms with E-state index in [-0.39, 0.29) is 19.1 Å². The van der Waals surface area contributed by atoms with Crippen LogP contribution in [0.2, 0.25) is 0 Å². The molecule has 0 spiro atoms. The maximum absolute atomic E-state index is 12.9. The van der Waals surface area contributed by atoms with Gasteiger partial charge in [0.05, 0.1) is 39.9 Å². The van der Waals surface area contributed by atoms with Crippen LogP contribution >= 0.6 is 7.82 Å². The van der Waals surface area contributed by atoms with Crippen molar-refractivity contribution in [2.45, 2.75) is 212 Å². The molecule has 0 aliphatic carbocycles. The molecule has 55 heavy (non-hydrogen) atoms. The Morgan fingerprint density at radius 3 is 1.45 bits per heavy atom. The second-order valence-electron chi connectivity index (χ2n) is 16.8. The van der Waals surface area contributed by atoms with E-state index in [1.165, 1.54) is 135 Å². The minimum absolute atomic E-state index is 0.0546. The van der Waals surface area contributed by atoms with Gasteiger partial charge in [-0.25, -0.2) is 4.57 Å². The van der Waals surface area contributed by atoms with Gasteiger partial charge in [-0.2, -0.15) is 0 Å². The molecule has 0 saturated carbocycles. The van der Waals surface area contributed by atoms with Crippen LogP contribution in [0.1, 0.15) is 200 Å². The number of likely N-dealkylation sites (N-methyl/N-ethyl adjacent to an activating group) is 1. The molecule has 0 rings (SSSR count). The van der Waals surface area contributed by atoms with E-state index in [2.05, 4.69) is 43.5 Å². The highest BCUT2D eigenvalue weighted by Gasteiger charge is 2.27. The predicted octanol–water partition coefficient (Wildman–Crippen LogP) is 12.7. The number of quaternary nitrogens is 1. The van der Waals surface area contributed by atoms with Crippen molar-refractivity contribution in [3.63, 3.8) is 0 Å². The fourth-order valence-corrected chi connectivity index (χ4v) is 7.16. The van der Waals surface area contributed by atoms with E-state index in [9.17, 15) is 19.4 Å². The van der Waals surface area contributed by atoms with Crippen molar-refractivity contribution in [3.8, 4) is 0 Å². The highest BCUT2D eigenvalue weighted by Crippen LogP contribution is 2.43. The van der Waals surface area contributed by atoms with Crippen molar-refractivity contribution in [1.82, 2.24) is 5.32 Å². The van der Waals surface area contributed by atoms with Gasteiger partial charge in [0, 0.05) is 6.42 Å². The molecule has 8 nitrogen and oxygen atoms in total. The summed E-state index contributed by atoms with van der Waals surface area (Å²) in [5, 5.41) is 13.8. The van der Waals surface area contributed by atoms with E-state index in [1.54, 1.807) is 6.08 Å². The first-order valence-electron chi connectivity index (χ1n) is 22.9. The molecule has 0 radical (unpaired) electrons. The van der Waals surface area contributed by atoms with Crippen LogP contribution in [0.15, 0.2) is 36.5 Å². The monoisotopic (exact) mass is 798 g/mol. The van der Waals surface area contributed by atoms with Crippen LogP contribution in [0.25, 0.3) is 0 Å². The lowest BCUT2D eigenvalue weighted by molar-refractivity contribution is -0.870. The predicted molar refractivity (Wildman–Crippen MR) is 235 cm³/mol. The summed E-state index contributed by atoms with van der Waals surface area (Å²) in [4.78, 5) is 23.1. The van der Waals surface area contributed by atoms with Gasteiger partial charge in [-0.15, -0.1) is 0 Å². The van der Waals surface area contributed by atoms with Gasteiger partial charge in [0.2, 0.25) is 5.91 Å². The molecule has 0 aliphatic rings. The Balaban J connectivity index is 4.48. The number of rotatable bonds is 41. The lowest BCUT2D eigenvalue weighted by Crippen LogP contribution is -2.45. The Morgan fingerprint density at radius 1 is 0.600 bits per heavy atom. The van der Waals surface area contributed by atoms with Crippen LogP contribution in [0, 0.1) is 0 Å². The number of nitrogens with zero attached hydrogens (tertiary/aromatic N) is 1. The average molecular weight is 798 g/mol. The van der Waals surface area contributed by atoms with E-state index >= 15 is 0 Å². The van der Waals surface area contributed by atoms with Crippen LogP contribution in [-0.2, 0) is 18.4 Å². The molecule has 3 N–H and O–H groups in total. The number of allylic oxidation sites excluding steroid dienone is 5. The Morgan fingerprint density at radius 2 is 1.00 bits per heavy atom. The molecule has 0 aromatic carbocycles. The van der Waals surface area contributed by atoms with Crippen molar-refractivity contribution in [2.24, 2.45) is 0 Å². The third kappa shape index (κ3) is 40.7. The van der Waals surface area contributed by atoms with Crippen LogP contribution < -0.4 is 5.32 Å². The summed E-state index contributed by atoms with van der Waals surface area (Å²) >= 11 is 0. The highest BCUT2D eigenvalue weighted by molar-refractivity contribution is 7.47. The number of phosphoric acid groups is 1. The number of amides is 1. The van der Waals surface area contributed by atoms with Crippen LogP contribution in [0.3, 0.4) is 0 Å². The standard InChI is InChI=1S/C46H89N2O6P/c1-6-8-10-12-14-16-18-20-22-23-24-25-26-27-29-31-33-35-37-39-45(49)44(43-54-55(51,52)53-42-41-48(3,4)5)47-46(50)40-38-36-34-32-30-28-21-19-17-15-13-11-9-7-2/h24-25,29,31,37,39,44-45,49H,6-23,26-28,30,32-36,38,40-43H2,1-5H3,(H-,47,50,51,52)/p+1/b25-24+,31-29+,39-37+. The third-order valence-electron chi connectivity index (χ3n) is 10.1. The number of aliphatic hydroxyl groups is 1. The van der Waals surface area contributed by atoms with Crippen LogP contribution in [0.5, 0.6) is 0 Å². The minimum atomic E-state index is -4.35. The Hall–Kier alpha value is -1.28. The number of phosphoric ester groups is 1. The maximum Gasteiger partial charge on any atom is 0.472 e. The van der Waals surface area contributed by atoms with Gasteiger partial charge in [-0.05, 0) is 44.9 Å². The number of hydrogen-bond donors (Lipinski definition) is 3. The number of carbonyl (C=O) groups excluding carboxylic acids is 1. The van der Waals surface area contributed by atoms with Gasteiger partial charge < -0.3 is 19.8 Å². The first-order valence-corrected chi connectivity index (χ1v) is 24.4. The smallest absolute Gasteiger partial charge is 0.387 e. The molecule has 3 atom stereocenters. The minimum Gasteiger partial charge on any atom is -0.387 e. The third-order valence-corrected chi connectivity index (χ3v) is 11.1. The summed E-state index contributed by atoms with van der Waals surface area (Å²) in [7, 11) is 1.55. The summed E-state index contributed by atoms with van der Waals surface area (Å²) in [5.74, 6) is -0.191. The van der Waals surface area contributed by atoms with Gasteiger partial charge in [0.1, 0.15) is 13.2 Å². The molecule has 0 aliphatic heterocycles. The van der Waals surface area contributed by atoms with Crippen LogP contribution in [0.4, 0.5) is 0 Å². The quantitative estimate of drug-likeness (QED) is 0.0246. The Labute approximate surface area is 340 Å². The van der Waals surface area contributed by atoms with E-state index < -0.39 is 20.0 Å². The molecule has 324 valence electrons. The zero-order valence-corrected chi connectivity index (χ0v) is 37.6. The van der Waals surface area contributed by atoms with Crippen LogP contribution in [-0.4, -0.2) is 73.4 Å². The maximum atomic E-state index is 12.9. The van der Waals surface area contributed by atoms with E-state index in [1.807, 2.05) is 27.2 Å². The van der Waals surface area contributed by atoms with Gasteiger partial charge in [0.25, 0.3) is 0 Å². The molecule has 0 aromatic heterocycles. The molecule has 3 unspecified atom stereocenters. The van der Waals surface area contributed by atoms with Gasteiger partial charge in [-0.3, -0.25) is 13.8 Å². The molecule has 0 fully saturated rings. The molecular formula is C46H90N2O6P+. The zero-order chi connectivity index (χ0) is 40.7. The fourth-order valence-electron chi connectivity index (χ4n) is 6.43. The van der Waals surface area contributed by atoms with Gasteiger partial charge in [0.15, 0.2) is 0 Å². The summed E-state index contributed by atoms with van der Waals surface area (Å²) in [6.07, 6.45) is 46.4. The van der Waals surface area contributed by atoms with Gasteiger partial charge >= 0.3 is 7.82 Å². The van der Waals surface area contributed by atoms with E-state index in [0.29, 0.717) is 17.4 Å². The molecule has 0 saturated heterocycles. The Bertz CT molecular complexity index is 995. The highest BCUT2D eigenvalue weighted by atomic mass is 31.2. The largest absolute Gasteiger partial charge is 0.472 e. The topological polar surface area (TPSA) is 105 Å². The number of carbonyl (C=O) groups is 1. The summed E-state index contributed by atoms with van der Waals surface area (Å²) < 4.78 is 23.5. The molecule has 0 heterocycles. The molecule has 0 aromatic rings. The van der Waals surface area contributed by atoms with E-state index in [4.69, 9.17) is 9.05 Å². The van der Waals surface area contributed by atoms with E-state index in [0.717, 1.165) is 44.9 Å². The average Bonchev–Trinajstić information content (AvgIpc) is 3.13. The fraction of sp³-hybridized carbons (Fsp3) is 0.848. The van der Waals surface area contributed by atoms with Gasteiger partial charge in [-0.1, -0.05) is 185 Å². The number of unbranched alkanes of at least 4 members (excludes halogenated alkanes) is 24. The SMILES string of the molecule is CCCCCCCCCCC/C=C/CC/C=C/CC/C=C/C(O)C(COP(=O)(O)OCC[N+](C)(C)C)NC(=O)CCCCCCCCCCCCCCCC. The van der Waals surface area contributed by atoms with Crippen molar-refractivity contribution < 1.29 is 32.9 Å². The van der Waals surface area contributed by atoms with Crippen molar-refractivity contribution in [3.05, 3.63) is 36.5 Å². The van der Waals surface area contributed by atoms with Crippen molar-refractivity contribution >= 4 is 13.7 Å². The Kier molecular flexibility index (Phi) is 37.4. The molecule has 9 heteroatoms. The summed E-state index contributed by atoms with van der Waals surface area (Å²) in [6, 6.07) is -0.865. The first kappa shape index (κ1) is 53.7. The molecule has 1 amide bonds. The second kappa shape index (κ2) is 38.2. The first-order chi connectivity index (χ1) is 26.5. The summed E-state index contributed by atoms with van der Waals surface area (Å²) in [5.41, 5.74) is 0. The van der Waals surface area contributed by atoms with Crippen molar-refractivity contribution in [2.75, 3.05) is 40.9 Å². The second-order valence-corrected chi connectivity index (χ2v) is 18.2. The lowest BCUT2D eigenvalue weighted by Gasteiger charge is -2.25. The number of aliphatic hydroxyl groups excluding tert-OH is 1. The molecular weight excluding hydrogens is 707 g/mol. The summed E-state index contributed by atoms with van der Waals surface area (Å²) in [6.45, 7) is 4.78. The normalized spacial score (nSPS) is 14.7. The van der Waals surface area contributed by atoms with Crippen molar-refractivity contribution in [1.29, 1.82) is 0 Å². The lowest BCUT2D eigenvalue weighted by atomic mass is 10.0. The number of nitrogens with one attached hydrogen (secondary N) is 1. The molecule has 0 bridgehead atoms. The number of hydrogen-bond acceptors (Lipinski definition) is 5. The zero-order valence-electron chi connectivity index (χ0n) is 36.7.